The van der Waals surface area contributed by atoms with Gasteiger partial charge in [0, 0.05) is 30.3 Å². The van der Waals surface area contributed by atoms with Gasteiger partial charge in [-0.15, -0.1) is 0 Å². The van der Waals surface area contributed by atoms with Crippen LogP contribution in [0.5, 0.6) is 0 Å². The molecule has 0 saturated carbocycles. The Hall–Kier alpha value is -2.92. The van der Waals surface area contributed by atoms with Gasteiger partial charge in [0.25, 0.3) is 5.91 Å². The highest BCUT2D eigenvalue weighted by molar-refractivity contribution is 7.89. The van der Waals surface area contributed by atoms with E-state index in [0.29, 0.717) is 24.1 Å². The van der Waals surface area contributed by atoms with Crippen LogP contribution < -0.4 is 10.6 Å². The van der Waals surface area contributed by atoms with Crippen molar-refractivity contribution in [1.82, 2.24) is 9.62 Å². The summed E-state index contributed by atoms with van der Waals surface area (Å²) in [6.45, 7) is 2.49. The van der Waals surface area contributed by atoms with Crippen molar-refractivity contribution in [1.29, 1.82) is 0 Å². The van der Waals surface area contributed by atoms with Crippen LogP contribution in [0.2, 0.25) is 0 Å². The summed E-state index contributed by atoms with van der Waals surface area (Å²) >= 11 is 0. The molecule has 0 radical (unpaired) electrons. The fourth-order valence-corrected chi connectivity index (χ4v) is 5.10. The summed E-state index contributed by atoms with van der Waals surface area (Å²) in [4.78, 5) is 25.0. The van der Waals surface area contributed by atoms with Crippen LogP contribution in [0.4, 0.5) is 18.9 Å². The zero-order valence-electron chi connectivity index (χ0n) is 18.8. The maximum absolute atomic E-state index is 12.8. The summed E-state index contributed by atoms with van der Waals surface area (Å²) in [5.41, 5.74) is 1.90. The molecule has 0 aliphatic carbocycles. The third-order valence-corrected chi connectivity index (χ3v) is 7.60. The first-order valence-corrected chi connectivity index (χ1v) is 12.1. The van der Waals surface area contributed by atoms with Crippen molar-refractivity contribution in [3.63, 3.8) is 0 Å². The van der Waals surface area contributed by atoms with Gasteiger partial charge in [-0.05, 0) is 56.5 Å². The lowest BCUT2D eigenvalue weighted by Gasteiger charge is -2.30. The number of rotatable bonds is 6. The number of carbonyl (C=O) groups is 2. The molecule has 1 aliphatic rings. The van der Waals surface area contributed by atoms with Crippen LogP contribution in [-0.4, -0.2) is 50.3 Å². The fourth-order valence-electron chi connectivity index (χ4n) is 3.63. The Bertz CT molecular complexity index is 1160. The number of benzene rings is 2. The number of halogens is 3. The second kappa shape index (κ2) is 10.1. The van der Waals surface area contributed by atoms with Crippen molar-refractivity contribution in [3.05, 3.63) is 59.2 Å². The van der Waals surface area contributed by atoms with E-state index in [1.54, 1.807) is 36.5 Å². The van der Waals surface area contributed by atoms with E-state index >= 15 is 0 Å². The van der Waals surface area contributed by atoms with E-state index in [-0.39, 0.29) is 29.5 Å². The molecule has 0 bridgehead atoms. The molecule has 34 heavy (non-hydrogen) atoms. The number of hydrogen-bond acceptors (Lipinski definition) is 4. The highest BCUT2D eigenvalue weighted by atomic mass is 32.2. The molecule has 1 fully saturated rings. The first-order chi connectivity index (χ1) is 15.9. The Morgan fingerprint density at radius 1 is 1.03 bits per heavy atom. The van der Waals surface area contributed by atoms with Gasteiger partial charge in [-0.2, -0.15) is 17.5 Å². The average molecular weight is 498 g/mol. The van der Waals surface area contributed by atoms with Crippen LogP contribution in [0, 0.1) is 19.8 Å². The highest BCUT2D eigenvalue weighted by Gasteiger charge is 2.32. The van der Waals surface area contributed by atoms with Gasteiger partial charge in [0.2, 0.25) is 15.9 Å². The lowest BCUT2D eigenvalue weighted by molar-refractivity contribution is -0.123. The summed E-state index contributed by atoms with van der Waals surface area (Å²) in [5, 5.41) is 4.53. The van der Waals surface area contributed by atoms with E-state index in [1.807, 2.05) is 6.92 Å². The van der Waals surface area contributed by atoms with Crippen LogP contribution >= 0.6 is 0 Å². The second-order valence-electron chi connectivity index (χ2n) is 8.31. The maximum Gasteiger partial charge on any atom is 0.405 e. The SMILES string of the molecule is Cc1ccc(S(=O)(=O)N2CCC(C(=O)Nc3cc(C(=O)NCC(F)(F)F)ccc3C)CC2)cc1. The molecule has 7 nitrogen and oxygen atoms in total. The first kappa shape index (κ1) is 25.7. The minimum Gasteiger partial charge on any atom is -0.343 e. The highest BCUT2D eigenvalue weighted by Crippen LogP contribution is 2.26. The van der Waals surface area contributed by atoms with Crippen LogP contribution in [0.1, 0.15) is 34.3 Å². The molecule has 0 atom stereocenters. The van der Waals surface area contributed by atoms with Crippen molar-refractivity contribution < 1.29 is 31.2 Å². The smallest absolute Gasteiger partial charge is 0.343 e. The quantitative estimate of drug-likeness (QED) is 0.637. The van der Waals surface area contributed by atoms with Crippen molar-refractivity contribution in [2.45, 2.75) is 37.8 Å². The number of nitrogens with zero attached hydrogens (tertiary/aromatic N) is 1. The maximum atomic E-state index is 12.8. The molecular weight excluding hydrogens is 471 g/mol. The van der Waals surface area contributed by atoms with Crippen molar-refractivity contribution >= 4 is 27.5 Å². The topological polar surface area (TPSA) is 95.6 Å². The van der Waals surface area contributed by atoms with Crippen molar-refractivity contribution in [2.75, 3.05) is 25.0 Å². The molecule has 2 N–H and O–H groups in total. The molecule has 11 heteroatoms. The minimum atomic E-state index is -4.53. The molecule has 184 valence electrons. The summed E-state index contributed by atoms with van der Waals surface area (Å²) in [6, 6.07) is 10.8. The molecule has 1 aliphatic heterocycles. The number of aryl methyl sites for hydroxylation is 2. The predicted octanol–water partition coefficient (Wildman–Crippen LogP) is 3.63. The lowest BCUT2D eigenvalue weighted by Crippen LogP contribution is -2.41. The fraction of sp³-hybridized carbons (Fsp3) is 0.391. The van der Waals surface area contributed by atoms with Crippen LogP contribution in [0.25, 0.3) is 0 Å². The minimum absolute atomic E-state index is 0.0100. The number of amides is 2. The standard InChI is InChI=1S/C23H26F3N3O4S/c1-15-3-7-19(8-4-15)34(32,33)29-11-9-17(10-12-29)22(31)28-20-13-18(6-5-16(20)2)21(30)27-14-23(24,25)26/h3-8,13,17H,9-12,14H2,1-2H3,(H,27,30)(H,28,31). The van der Waals surface area contributed by atoms with Gasteiger partial charge in [0.15, 0.2) is 0 Å². The lowest BCUT2D eigenvalue weighted by atomic mass is 9.97. The zero-order chi connectivity index (χ0) is 25.1. The predicted molar refractivity (Wildman–Crippen MR) is 121 cm³/mol. The van der Waals surface area contributed by atoms with Gasteiger partial charge >= 0.3 is 6.18 Å². The molecular formula is C23H26F3N3O4S. The number of anilines is 1. The summed E-state index contributed by atoms with van der Waals surface area (Å²) in [5.74, 6) is -1.67. The molecule has 2 amide bonds. The molecule has 1 heterocycles. The van der Waals surface area contributed by atoms with Gasteiger partial charge in [-0.1, -0.05) is 23.8 Å². The second-order valence-corrected chi connectivity index (χ2v) is 10.2. The number of sulfonamides is 1. The molecule has 2 aromatic carbocycles. The molecule has 1 saturated heterocycles. The first-order valence-electron chi connectivity index (χ1n) is 10.7. The van der Waals surface area contributed by atoms with Crippen LogP contribution in [0.15, 0.2) is 47.4 Å². The Morgan fingerprint density at radius 3 is 2.24 bits per heavy atom. The largest absolute Gasteiger partial charge is 0.405 e. The number of hydrogen-bond donors (Lipinski definition) is 2. The Kier molecular flexibility index (Phi) is 7.67. The van der Waals surface area contributed by atoms with Gasteiger partial charge in [-0.25, -0.2) is 8.42 Å². The Labute approximate surface area is 196 Å². The van der Waals surface area contributed by atoms with E-state index in [2.05, 4.69) is 5.32 Å². The van der Waals surface area contributed by atoms with Gasteiger partial charge in [0.1, 0.15) is 6.54 Å². The normalized spacial score (nSPS) is 15.7. The van der Waals surface area contributed by atoms with Crippen molar-refractivity contribution in [2.24, 2.45) is 5.92 Å². The third-order valence-electron chi connectivity index (χ3n) is 5.69. The zero-order valence-corrected chi connectivity index (χ0v) is 19.6. The molecule has 2 aromatic rings. The van der Waals surface area contributed by atoms with Crippen LogP contribution in [0.3, 0.4) is 0 Å². The van der Waals surface area contributed by atoms with Crippen LogP contribution in [-0.2, 0) is 14.8 Å². The van der Waals surface area contributed by atoms with E-state index in [9.17, 15) is 31.2 Å². The Balaban J connectivity index is 1.61. The van der Waals surface area contributed by atoms with Gasteiger partial charge < -0.3 is 10.6 Å². The molecule has 3 rings (SSSR count). The Morgan fingerprint density at radius 2 is 1.65 bits per heavy atom. The number of piperidine rings is 1. The number of nitrogens with one attached hydrogen (secondary N) is 2. The number of alkyl halides is 3. The van der Waals surface area contributed by atoms with Crippen molar-refractivity contribution in [3.8, 4) is 0 Å². The average Bonchev–Trinajstić information content (AvgIpc) is 2.78. The third kappa shape index (κ3) is 6.35. The summed E-state index contributed by atoms with van der Waals surface area (Å²) in [6.07, 6.45) is -3.89. The van der Waals surface area contributed by atoms with E-state index in [0.717, 1.165) is 5.56 Å². The molecule has 0 spiro atoms. The number of carbonyl (C=O) groups excluding carboxylic acids is 2. The van der Waals surface area contributed by atoms with Gasteiger partial charge in [0.05, 0.1) is 4.90 Å². The summed E-state index contributed by atoms with van der Waals surface area (Å²) in [7, 11) is -3.65. The summed E-state index contributed by atoms with van der Waals surface area (Å²) < 4.78 is 64.1. The van der Waals surface area contributed by atoms with Gasteiger partial charge in [-0.3, -0.25) is 9.59 Å². The monoisotopic (exact) mass is 497 g/mol. The molecule has 0 unspecified atom stereocenters. The van der Waals surface area contributed by atoms with E-state index < -0.39 is 34.6 Å². The van der Waals surface area contributed by atoms with E-state index in [4.69, 9.17) is 0 Å². The molecule has 0 aromatic heterocycles. The van der Waals surface area contributed by atoms with E-state index in [1.165, 1.54) is 22.5 Å².